The Kier molecular flexibility index (Phi) is 4.24. The number of hydrogen-bond acceptors (Lipinski definition) is 5. The second kappa shape index (κ2) is 6.47. The molecule has 0 saturated carbocycles. The molecule has 138 valence electrons. The van der Waals surface area contributed by atoms with E-state index in [1.165, 1.54) is 0 Å². The Balaban J connectivity index is 1.97. The van der Waals surface area contributed by atoms with Crippen LogP contribution in [0.4, 0.5) is 0 Å². The van der Waals surface area contributed by atoms with E-state index in [9.17, 15) is 8.42 Å². The predicted molar refractivity (Wildman–Crippen MR) is 103 cm³/mol. The molecule has 0 aliphatic rings. The molecular formula is C18H16ClN5O2S. The van der Waals surface area contributed by atoms with E-state index in [0.717, 1.165) is 15.1 Å². The predicted octanol–water partition coefficient (Wildman–Crippen LogP) is 3.51. The molecule has 0 aliphatic heterocycles. The first-order valence-electron chi connectivity index (χ1n) is 8.29. The molecule has 0 radical (unpaired) electrons. The lowest BCUT2D eigenvalue weighted by molar-refractivity contribution is 0.588. The van der Waals surface area contributed by atoms with E-state index in [1.54, 1.807) is 47.4 Å². The number of benzene rings is 1. The number of aromatic nitrogens is 5. The van der Waals surface area contributed by atoms with Gasteiger partial charge in [-0.1, -0.05) is 29.3 Å². The molecule has 3 heterocycles. The largest absolute Gasteiger partial charge is 0.272 e. The summed E-state index contributed by atoms with van der Waals surface area (Å²) < 4.78 is 29.3. The molecular weight excluding hydrogens is 386 g/mol. The summed E-state index contributed by atoms with van der Waals surface area (Å²) in [6.45, 7) is 4.59. The topological polar surface area (TPSA) is 82.7 Å². The summed E-state index contributed by atoms with van der Waals surface area (Å²) in [5.41, 5.74) is 2.66. The van der Waals surface area contributed by atoms with E-state index in [-0.39, 0.29) is 15.7 Å². The lowest BCUT2D eigenvalue weighted by Gasteiger charge is -2.06. The minimum atomic E-state index is -3.84. The van der Waals surface area contributed by atoms with E-state index in [2.05, 4.69) is 15.3 Å². The van der Waals surface area contributed by atoms with E-state index < -0.39 is 10.0 Å². The number of rotatable bonds is 4. The first-order chi connectivity index (χ1) is 12.9. The summed E-state index contributed by atoms with van der Waals surface area (Å²) in [5.74, 6) is 0. The third kappa shape index (κ3) is 3.00. The molecule has 4 aromatic rings. The maximum atomic E-state index is 13.2. The maximum Gasteiger partial charge on any atom is 0.269 e. The summed E-state index contributed by atoms with van der Waals surface area (Å²) in [7, 11) is -3.84. The third-order valence-electron chi connectivity index (χ3n) is 4.34. The van der Waals surface area contributed by atoms with Crippen LogP contribution in [0.3, 0.4) is 0 Å². The second-order valence-corrected chi connectivity index (χ2v) is 8.35. The van der Waals surface area contributed by atoms with Gasteiger partial charge in [-0.25, -0.2) is 12.4 Å². The molecule has 3 aromatic heterocycles. The fourth-order valence-electron chi connectivity index (χ4n) is 2.88. The molecule has 27 heavy (non-hydrogen) atoms. The zero-order valence-electron chi connectivity index (χ0n) is 14.7. The standard InChI is InChI=1S/C18H16ClN5O2S/c1-3-23-10-13(9-20-23)16-11-24(18-15(16)8-17(19)21-22-18)27(25,26)14-6-4-12(2)5-7-14/h4-11H,3H2,1-2H3. The molecule has 7 nitrogen and oxygen atoms in total. The van der Waals surface area contributed by atoms with E-state index in [0.29, 0.717) is 17.5 Å². The van der Waals surface area contributed by atoms with Gasteiger partial charge in [-0.05, 0) is 32.0 Å². The summed E-state index contributed by atoms with van der Waals surface area (Å²) in [5, 5.41) is 12.9. The molecule has 0 amide bonds. The monoisotopic (exact) mass is 401 g/mol. The van der Waals surface area contributed by atoms with Crippen molar-refractivity contribution in [1.29, 1.82) is 0 Å². The molecule has 0 saturated heterocycles. The highest BCUT2D eigenvalue weighted by Gasteiger charge is 2.24. The van der Waals surface area contributed by atoms with Crippen molar-refractivity contribution in [3.8, 4) is 11.1 Å². The molecule has 0 aliphatic carbocycles. The zero-order chi connectivity index (χ0) is 19.2. The van der Waals surface area contributed by atoms with Crippen LogP contribution < -0.4 is 0 Å². The van der Waals surface area contributed by atoms with Crippen LogP contribution in [0.5, 0.6) is 0 Å². The highest BCUT2D eigenvalue weighted by atomic mass is 35.5. The SMILES string of the molecule is CCn1cc(-c2cn(S(=O)(=O)c3ccc(C)cc3)c3nnc(Cl)cc23)cn1. The summed E-state index contributed by atoms with van der Waals surface area (Å²) in [4.78, 5) is 0.178. The van der Waals surface area contributed by atoms with Crippen molar-refractivity contribution in [3.05, 3.63) is 59.6 Å². The Morgan fingerprint density at radius 2 is 1.85 bits per heavy atom. The van der Waals surface area contributed by atoms with Crippen molar-refractivity contribution in [2.24, 2.45) is 0 Å². The zero-order valence-corrected chi connectivity index (χ0v) is 16.2. The Morgan fingerprint density at radius 1 is 1.11 bits per heavy atom. The van der Waals surface area contributed by atoms with E-state index in [1.807, 2.05) is 20.0 Å². The van der Waals surface area contributed by atoms with Gasteiger partial charge in [-0.15, -0.1) is 10.2 Å². The van der Waals surface area contributed by atoms with E-state index in [4.69, 9.17) is 11.6 Å². The molecule has 0 atom stereocenters. The molecule has 0 spiro atoms. The average Bonchev–Trinajstić information content (AvgIpc) is 3.26. The molecule has 4 rings (SSSR count). The minimum Gasteiger partial charge on any atom is -0.272 e. The van der Waals surface area contributed by atoms with Gasteiger partial charge in [0.2, 0.25) is 0 Å². The normalized spacial score (nSPS) is 12.0. The molecule has 0 fully saturated rings. The highest BCUT2D eigenvalue weighted by Crippen LogP contribution is 2.32. The molecule has 0 N–H and O–H groups in total. The maximum absolute atomic E-state index is 13.2. The van der Waals surface area contributed by atoms with Crippen LogP contribution in [0.25, 0.3) is 22.2 Å². The van der Waals surface area contributed by atoms with Gasteiger partial charge < -0.3 is 0 Å². The van der Waals surface area contributed by atoms with Gasteiger partial charge in [0.05, 0.1) is 11.1 Å². The fraction of sp³-hybridized carbons (Fsp3) is 0.167. The van der Waals surface area contributed by atoms with Crippen molar-refractivity contribution in [2.75, 3.05) is 0 Å². The number of fused-ring (bicyclic) bond motifs is 1. The lowest BCUT2D eigenvalue weighted by Crippen LogP contribution is -2.12. The van der Waals surface area contributed by atoms with Crippen molar-refractivity contribution in [1.82, 2.24) is 24.0 Å². The van der Waals surface area contributed by atoms with Crippen LogP contribution in [-0.4, -0.2) is 32.4 Å². The van der Waals surface area contributed by atoms with Gasteiger partial charge >= 0.3 is 0 Å². The summed E-state index contributed by atoms with van der Waals surface area (Å²) in [6, 6.07) is 8.29. The molecule has 1 aromatic carbocycles. The number of aryl methyl sites for hydroxylation is 2. The van der Waals surface area contributed by atoms with Gasteiger partial charge in [-0.3, -0.25) is 4.68 Å². The Hall–Kier alpha value is -2.71. The highest BCUT2D eigenvalue weighted by molar-refractivity contribution is 7.90. The minimum absolute atomic E-state index is 0.178. The number of hydrogen-bond donors (Lipinski definition) is 0. The van der Waals surface area contributed by atoms with Crippen molar-refractivity contribution >= 4 is 32.7 Å². The average molecular weight is 402 g/mol. The van der Waals surface area contributed by atoms with Crippen LogP contribution >= 0.6 is 11.6 Å². The Bertz CT molecular complexity index is 1240. The van der Waals surface area contributed by atoms with Crippen LogP contribution in [0.2, 0.25) is 5.15 Å². The summed E-state index contributed by atoms with van der Waals surface area (Å²) in [6.07, 6.45) is 5.09. The van der Waals surface area contributed by atoms with Gasteiger partial charge in [0.1, 0.15) is 0 Å². The Morgan fingerprint density at radius 3 is 2.52 bits per heavy atom. The van der Waals surface area contributed by atoms with E-state index >= 15 is 0 Å². The van der Waals surface area contributed by atoms with Crippen LogP contribution in [0.15, 0.2) is 53.8 Å². The van der Waals surface area contributed by atoms with Crippen LogP contribution in [0, 0.1) is 6.92 Å². The van der Waals surface area contributed by atoms with Gasteiger partial charge in [0, 0.05) is 35.5 Å². The molecule has 9 heteroatoms. The number of halogens is 1. The number of nitrogens with zero attached hydrogens (tertiary/aromatic N) is 5. The van der Waals surface area contributed by atoms with Crippen molar-refractivity contribution in [2.45, 2.75) is 25.3 Å². The van der Waals surface area contributed by atoms with Gasteiger partial charge in [0.15, 0.2) is 10.8 Å². The molecule has 0 bridgehead atoms. The fourth-order valence-corrected chi connectivity index (χ4v) is 4.34. The Labute approximate surface area is 161 Å². The van der Waals surface area contributed by atoms with Crippen molar-refractivity contribution in [3.63, 3.8) is 0 Å². The molecule has 0 unspecified atom stereocenters. The summed E-state index contributed by atoms with van der Waals surface area (Å²) >= 11 is 6.02. The first-order valence-corrected chi connectivity index (χ1v) is 10.1. The van der Waals surface area contributed by atoms with Gasteiger partial charge in [0.25, 0.3) is 10.0 Å². The smallest absolute Gasteiger partial charge is 0.269 e. The quantitative estimate of drug-likeness (QED) is 0.522. The lowest BCUT2D eigenvalue weighted by atomic mass is 10.1. The van der Waals surface area contributed by atoms with Crippen LogP contribution in [0.1, 0.15) is 12.5 Å². The van der Waals surface area contributed by atoms with Gasteiger partial charge in [-0.2, -0.15) is 5.10 Å². The third-order valence-corrected chi connectivity index (χ3v) is 6.18. The van der Waals surface area contributed by atoms with Crippen LogP contribution in [-0.2, 0) is 16.6 Å². The first kappa shape index (κ1) is 17.7. The second-order valence-electron chi connectivity index (χ2n) is 6.15. The van der Waals surface area contributed by atoms with Crippen molar-refractivity contribution < 1.29 is 8.42 Å².